The van der Waals surface area contributed by atoms with Crippen LogP contribution in [-0.4, -0.2) is 24.2 Å². The quantitative estimate of drug-likeness (QED) is 0.880. The van der Waals surface area contributed by atoms with Gasteiger partial charge in [0.1, 0.15) is 0 Å². The van der Waals surface area contributed by atoms with Crippen molar-refractivity contribution in [3.05, 3.63) is 40.7 Å². The maximum Gasteiger partial charge on any atom is 0.310 e. The molecule has 2 aromatic rings. The zero-order valence-electron chi connectivity index (χ0n) is 11.7. The molecule has 0 fully saturated rings. The Morgan fingerprint density at radius 3 is 3.14 bits per heavy atom. The van der Waals surface area contributed by atoms with Gasteiger partial charge < -0.3 is 14.5 Å². The molecule has 3 rings (SSSR count). The van der Waals surface area contributed by atoms with E-state index >= 15 is 0 Å². The van der Waals surface area contributed by atoms with E-state index in [1.165, 1.54) is 0 Å². The molecule has 0 saturated carbocycles. The van der Waals surface area contributed by atoms with Crippen LogP contribution in [0.15, 0.2) is 24.5 Å². The molecule has 0 bridgehead atoms. The predicted molar refractivity (Wildman–Crippen MR) is 82.2 cm³/mol. The van der Waals surface area contributed by atoms with E-state index in [0.717, 1.165) is 34.2 Å². The molecule has 2 heterocycles. The number of hydrogen-bond donors (Lipinski definition) is 1. The summed E-state index contributed by atoms with van der Waals surface area (Å²) in [7, 11) is 0. The minimum atomic E-state index is -0.253. The summed E-state index contributed by atoms with van der Waals surface area (Å²) in [6.07, 6.45) is 2.62. The van der Waals surface area contributed by atoms with Gasteiger partial charge in [0.15, 0.2) is 0 Å². The third kappa shape index (κ3) is 2.76. The number of H-pyrrole nitrogens is 1. The Balaban J connectivity index is 2.04. The number of aromatic amines is 1. The van der Waals surface area contributed by atoms with Gasteiger partial charge in [0.25, 0.3) is 0 Å². The molecule has 1 N–H and O–H groups in total. The second-order valence-corrected chi connectivity index (χ2v) is 5.35. The lowest BCUT2D eigenvalue weighted by atomic mass is 10.0. The maximum atomic E-state index is 11.7. The molecule has 0 amide bonds. The normalized spacial score (nSPS) is 14.1. The van der Waals surface area contributed by atoms with Crippen LogP contribution in [0.2, 0.25) is 5.02 Å². The lowest BCUT2D eigenvalue weighted by Crippen LogP contribution is -2.05. The Morgan fingerprint density at radius 2 is 2.33 bits per heavy atom. The molecule has 110 valence electrons. The van der Waals surface area contributed by atoms with E-state index in [-0.39, 0.29) is 12.4 Å². The van der Waals surface area contributed by atoms with Crippen LogP contribution >= 0.6 is 11.6 Å². The lowest BCUT2D eigenvalue weighted by Gasteiger charge is -2.05. The summed E-state index contributed by atoms with van der Waals surface area (Å²) in [5.41, 5.74) is 3.91. The first-order valence-corrected chi connectivity index (χ1v) is 7.33. The molecule has 0 aliphatic carbocycles. The van der Waals surface area contributed by atoms with E-state index in [4.69, 9.17) is 21.1 Å². The number of ether oxygens (including phenoxy) is 2. The van der Waals surface area contributed by atoms with Crippen molar-refractivity contribution in [3.8, 4) is 0 Å². The van der Waals surface area contributed by atoms with Crippen LogP contribution in [0.5, 0.6) is 0 Å². The summed E-state index contributed by atoms with van der Waals surface area (Å²) >= 11 is 6.09. The number of halogens is 1. The summed E-state index contributed by atoms with van der Waals surface area (Å²) in [4.78, 5) is 15.1. The number of rotatable bonds is 3. The molecule has 1 aliphatic rings. The Bertz CT molecular complexity index is 718. The molecular formula is C16H16ClNO3. The zero-order chi connectivity index (χ0) is 14.8. The first-order valence-electron chi connectivity index (χ1n) is 6.95. The fraction of sp³-hybridized carbons (Fsp3) is 0.312. The number of aromatic nitrogens is 1. The van der Waals surface area contributed by atoms with Crippen molar-refractivity contribution in [2.45, 2.75) is 19.8 Å². The highest BCUT2D eigenvalue weighted by molar-refractivity contribution is 6.31. The molecule has 1 aromatic heterocycles. The summed E-state index contributed by atoms with van der Waals surface area (Å²) in [6, 6.07) is 5.75. The highest BCUT2D eigenvalue weighted by Gasteiger charge is 2.20. The van der Waals surface area contributed by atoms with Crippen molar-refractivity contribution in [3.63, 3.8) is 0 Å². The predicted octanol–water partition coefficient (Wildman–Crippen LogP) is 3.69. The summed E-state index contributed by atoms with van der Waals surface area (Å²) in [5, 5.41) is 1.78. The van der Waals surface area contributed by atoms with E-state index in [2.05, 4.69) is 4.98 Å². The topological polar surface area (TPSA) is 51.3 Å². The highest BCUT2D eigenvalue weighted by atomic mass is 35.5. The van der Waals surface area contributed by atoms with Crippen LogP contribution < -0.4 is 0 Å². The SMILES string of the molecule is CCOC(=O)CC1=COCCc2c1[nH]c1ccc(Cl)cc21. The smallest absolute Gasteiger partial charge is 0.310 e. The standard InChI is InChI=1S/C16H16ClNO3/c1-2-21-15(19)7-10-9-20-6-5-12-13-8-11(17)3-4-14(13)18-16(10)12/h3-4,8-9,18H,2,5-7H2,1H3. The third-order valence-corrected chi connectivity index (χ3v) is 3.76. The second-order valence-electron chi connectivity index (χ2n) is 4.91. The number of hydrogen-bond acceptors (Lipinski definition) is 3. The van der Waals surface area contributed by atoms with Gasteiger partial charge in [-0.1, -0.05) is 11.6 Å². The molecular weight excluding hydrogens is 290 g/mol. The Morgan fingerprint density at radius 1 is 1.48 bits per heavy atom. The Hall–Kier alpha value is -1.94. The third-order valence-electron chi connectivity index (χ3n) is 3.52. The van der Waals surface area contributed by atoms with E-state index in [9.17, 15) is 4.79 Å². The van der Waals surface area contributed by atoms with Crippen molar-refractivity contribution in [1.82, 2.24) is 4.98 Å². The van der Waals surface area contributed by atoms with Crippen molar-refractivity contribution in [1.29, 1.82) is 0 Å². The van der Waals surface area contributed by atoms with Gasteiger partial charge in [-0.05, 0) is 30.7 Å². The number of esters is 1. The largest absolute Gasteiger partial charge is 0.500 e. The van der Waals surface area contributed by atoms with Gasteiger partial charge in [-0.3, -0.25) is 4.79 Å². The van der Waals surface area contributed by atoms with Crippen molar-refractivity contribution < 1.29 is 14.3 Å². The number of carbonyl (C=O) groups is 1. The highest BCUT2D eigenvalue weighted by Crippen LogP contribution is 2.33. The first kappa shape index (κ1) is 14.0. The molecule has 0 atom stereocenters. The van der Waals surface area contributed by atoms with E-state index in [0.29, 0.717) is 18.2 Å². The zero-order valence-corrected chi connectivity index (χ0v) is 12.5. The summed E-state index contributed by atoms with van der Waals surface area (Å²) < 4.78 is 10.5. The van der Waals surface area contributed by atoms with Crippen LogP contribution in [0.4, 0.5) is 0 Å². The van der Waals surface area contributed by atoms with Crippen LogP contribution in [-0.2, 0) is 20.7 Å². The second kappa shape index (κ2) is 5.82. The first-order chi connectivity index (χ1) is 10.2. The van der Waals surface area contributed by atoms with Gasteiger partial charge in [-0.15, -0.1) is 0 Å². The number of carbonyl (C=O) groups excluding carboxylic acids is 1. The molecule has 0 radical (unpaired) electrons. The van der Waals surface area contributed by atoms with Gasteiger partial charge in [0.05, 0.1) is 25.9 Å². The fourth-order valence-corrected chi connectivity index (χ4v) is 2.80. The van der Waals surface area contributed by atoms with Gasteiger partial charge in [-0.2, -0.15) is 0 Å². The average Bonchev–Trinajstić information content (AvgIpc) is 2.69. The van der Waals surface area contributed by atoms with Crippen molar-refractivity contribution >= 4 is 34.0 Å². The molecule has 5 heteroatoms. The maximum absolute atomic E-state index is 11.7. The van der Waals surface area contributed by atoms with Crippen molar-refractivity contribution in [2.75, 3.05) is 13.2 Å². The van der Waals surface area contributed by atoms with Crippen LogP contribution in [0.1, 0.15) is 24.6 Å². The lowest BCUT2D eigenvalue weighted by molar-refractivity contribution is -0.141. The number of nitrogens with one attached hydrogen (secondary N) is 1. The van der Waals surface area contributed by atoms with Gasteiger partial charge >= 0.3 is 5.97 Å². The molecule has 0 unspecified atom stereocenters. The summed E-state index contributed by atoms with van der Waals surface area (Å²) in [5.74, 6) is -0.253. The van der Waals surface area contributed by atoms with Crippen LogP contribution in [0.25, 0.3) is 16.5 Å². The van der Waals surface area contributed by atoms with E-state index in [1.807, 2.05) is 18.2 Å². The number of fused-ring (bicyclic) bond motifs is 3. The average molecular weight is 306 g/mol. The fourth-order valence-electron chi connectivity index (χ4n) is 2.63. The van der Waals surface area contributed by atoms with Crippen LogP contribution in [0, 0.1) is 0 Å². The van der Waals surface area contributed by atoms with Gasteiger partial charge in [-0.25, -0.2) is 0 Å². The molecule has 21 heavy (non-hydrogen) atoms. The van der Waals surface area contributed by atoms with Gasteiger partial charge in [0.2, 0.25) is 0 Å². The van der Waals surface area contributed by atoms with Gasteiger partial charge in [0, 0.05) is 33.6 Å². The summed E-state index contributed by atoms with van der Waals surface area (Å²) in [6.45, 7) is 2.76. The minimum Gasteiger partial charge on any atom is -0.500 e. The minimum absolute atomic E-state index is 0.196. The van der Waals surface area contributed by atoms with E-state index in [1.54, 1.807) is 13.2 Å². The molecule has 4 nitrogen and oxygen atoms in total. The van der Waals surface area contributed by atoms with E-state index < -0.39 is 0 Å². The Labute approximate surface area is 127 Å². The molecule has 0 saturated heterocycles. The van der Waals surface area contributed by atoms with Crippen molar-refractivity contribution in [2.24, 2.45) is 0 Å². The molecule has 0 spiro atoms. The monoisotopic (exact) mass is 305 g/mol. The number of benzene rings is 1. The molecule has 1 aromatic carbocycles. The Kier molecular flexibility index (Phi) is 3.88. The van der Waals surface area contributed by atoms with Crippen LogP contribution in [0.3, 0.4) is 0 Å². The molecule has 1 aliphatic heterocycles.